The molecule has 5 heteroatoms. The normalized spacial score (nSPS) is 26.9. The average molecular weight is 316 g/mol. The Hall–Kier alpha value is -0.580. The van der Waals surface area contributed by atoms with Gasteiger partial charge in [-0.25, -0.2) is 8.42 Å². The summed E-state index contributed by atoms with van der Waals surface area (Å²) in [5.74, 6) is 0.130. The van der Waals surface area contributed by atoms with Gasteiger partial charge in [0.2, 0.25) is 0 Å². The number of rotatable bonds is 5. The van der Waals surface area contributed by atoms with Crippen molar-refractivity contribution in [1.82, 2.24) is 5.32 Å². The Kier molecular flexibility index (Phi) is 5.10. The molecule has 1 N–H and O–H groups in total. The molecule has 1 aromatic carbocycles. The Morgan fingerprint density at radius 1 is 1.35 bits per heavy atom. The lowest BCUT2D eigenvalue weighted by Crippen LogP contribution is -2.36. The summed E-state index contributed by atoms with van der Waals surface area (Å²) >= 11 is 5.91. The molecular weight excluding hydrogens is 294 g/mol. The molecule has 0 radical (unpaired) electrons. The van der Waals surface area contributed by atoms with Gasteiger partial charge in [-0.15, -0.1) is 0 Å². The minimum absolute atomic E-state index is 0.130. The predicted octanol–water partition coefficient (Wildman–Crippen LogP) is 3.28. The second-order valence-electron chi connectivity index (χ2n) is 5.54. The molecule has 1 saturated carbocycles. The molecule has 1 aliphatic rings. The third-order valence-electron chi connectivity index (χ3n) is 4.16. The van der Waals surface area contributed by atoms with Crippen molar-refractivity contribution >= 4 is 21.4 Å². The van der Waals surface area contributed by atoms with Gasteiger partial charge >= 0.3 is 0 Å². The summed E-state index contributed by atoms with van der Waals surface area (Å²) in [6.07, 6.45) is 2.71. The summed E-state index contributed by atoms with van der Waals surface area (Å²) in [5.41, 5.74) is 0. The number of halogens is 1. The highest BCUT2D eigenvalue weighted by molar-refractivity contribution is 7.92. The van der Waals surface area contributed by atoms with Gasteiger partial charge in [0.25, 0.3) is 0 Å². The zero-order valence-corrected chi connectivity index (χ0v) is 13.5. The van der Waals surface area contributed by atoms with Crippen molar-refractivity contribution in [1.29, 1.82) is 0 Å². The highest BCUT2D eigenvalue weighted by atomic mass is 35.5. The quantitative estimate of drug-likeness (QED) is 0.907. The van der Waals surface area contributed by atoms with Crippen LogP contribution in [0.4, 0.5) is 0 Å². The summed E-state index contributed by atoms with van der Waals surface area (Å²) in [5, 5.41) is 3.62. The van der Waals surface area contributed by atoms with E-state index in [-0.39, 0.29) is 11.2 Å². The van der Waals surface area contributed by atoms with Crippen molar-refractivity contribution in [2.24, 2.45) is 5.92 Å². The van der Waals surface area contributed by atoms with E-state index in [1.807, 2.05) is 6.92 Å². The first-order chi connectivity index (χ1) is 9.46. The molecule has 1 aliphatic carbocycles. The maximum Gasteiger partial charge on any atom is 0.181 e. The Morgan fingerprint density at radius 3 is 2.75 bits per heavy atom. The van der Waals surface area contributed by atoms with Gasteiger partial charge in [-0.2, -0.15) is 0 Å². The Balaban J connectivity index is 2.19. The van der Waals surface area contributed by atoms with Crippen LogP contribution in [-0.4, -0.2) is 26.3 Å². The zero-order chi connectivity index (χ0) is 14.8. The number of hydrogen-bond acceptors (Lipinski definition) is 3. The first kappa shape index (κ1) is 15.8. The van der Waals surface area contributed by atoms with E-state index in [9.17, 15) is 8.42 Å². The summed E-state index contributed by atoms with van der Waals surface area (Å²) in [4.78, 5) is 0.345. The topological polar surface area (TPSA) is 46.2 Å². The smallest absolute Gasteiger partial charge is 0.181 e. The lowest BCUT2D eigenvalue weighted by Gasteiger charge is -2.22. The third kappa shape index (κ3) is 3.18. The lowest BCUT2D eigenvalue weighted by molar-refractivity contribution is 0.425. The predicted molar refractivity (Wildman–Crippen MR) is 82.9 cm³/mol. The van der Waals surface area contributed by atoms with Crippen molar-refractivity contribution in [2.75, 3.05) is 6.54 Å². The molecule has 112 valence electrons. The summed E-state index contributed by atoms with van der Waals surface area (Å²) in [6, 6.07) is 6.89. The molecule has 0 heterocycles. The molecule has 20 heavy (non-hydrogen) atoms. The fraction of sp³-hybridized carbons (Fsp3) is 0.600. The van der Waals surface area contributed by atoms with Gasteiger partial charge in [-0.05, 0) is 49.9 Å². The van der Waals surface area contributed by atoms with E-state index < -0.39 is 9.84 Å². The van der Waals surface area contributed by atoms with E-state index in [1.165, 1.54) is 0 Å². The van der Waals surface area contributed by atoms with Crippen LogP contribution in [0.15, 0.2) is 29.2 Å². The van der Waals surface area contributed by atoms with Crippen LogP contribution in [0.1, 0.15) is 33.1 Å². The molecule has 0 bridgehead atoms. The van der Waals surface area contributed by atoms with Crippen LogP contribution in [0.3, 0.4) is 0 Å². The molecule has 3 atom stereocenters. The van der Waals surface area contributed by atoms with Crippen molar-refractivity contribution in [3.8, 4) is 0 Å². The van der Waals surface area contributed by atoms with Crippen molar-refractivity contribution in [3.05, 3.63) is 29.3 Å². The number of hydrogen-bond donors (Lipinski definition) is 1. The minimum Gasteiger partial charge on any atom is -0.314 e. The van der Waals surface area contributed by atoms with Crippen LogP contribution in [-0.2, 0) is 9.84 Å². The van der Waals surface area contributed by atoms with E-state index in [4.69, 9.17) is 11.6 Å². The fourth-order valence-corrected chi connectivity index (χ4v) is 5.37. The Labute approximate surface area is 126 Å². The van der Waals surface area contributed by atoms with Crippen molar-refractivity contribution in [2.45, 2.75) is 49.3 Å². The SMILES string of the molecule is CCCNC1CCC(S(=O)(=O)c2cccc(Cl)c2)C1C. The molecule has 0 aromatic heterocycles. The molecule has 0 saturated heterocycles. The van der Waals surface area contributed by atoms with Crippen LogP contribution in [0, 0.1) is 5.92 Å². The van der Waals surface area contributed by atoms with E-state index in [0.29, 0.717) is 16.0 Å². The standard InChI is InChI=1S/C15H22ClNO2S/c1-3-9-17-14-7-8-15(11(14)2)20(18,19)13-6-4-5-12(16)10-13/h4-6,10-11,14-15,17H,3,7-9H2,1-2H3. The Morgan fingerprint density at radius 2 is 2.10 bits per heavy atom. The van der Waals surface area contributed by atoms with Crippen LogP contribution in [0.5, 0.6) is 0 Å². The number of sulfone groups is 1. The maximum atomic E-state index is 12.7. The highest BCUT2D eigenvalue weighted by Crippen LogP contribution is 2.35. The second-order valence-corrected chi connectivity index (χ2v) is 8.14. The maximum absolute atomic E-state index is 12.7. The lowest BCUT2D eigenvalue weighted by atomic mass is 10.1. The second kappa shape index (κ2) is 6.46. The molecule has 3 unspecified atom stereocenters. The Bertz CT molecular complexity index is 559. The molecule has 3 nitrogen and oxygen atoms in total. The first-order valence-electron chi connectivity index (χ1n) is 7.19. The van der Waals surface area contributed by atoms with E-state index >= 15 is 0 Å². The van der Waals surface area contributed by atoms with Crippen LogP contribution < -0.4 is 5.32 Å². The van der Waals surface area contributed by atoms with Crippen LogP contribution in [0.2, 0.25) is 5.02 Å². The monoisotopic (exact) mass is 315 g/mol. The minimum atomic E-state index is -3.29. The summed E-state index contributed by atoms with van der Waals surface area (Å²) in [7, 11) is -3.29. The summed E-state index contributed by atoms with van der Waals surface area (Å²) < 4.78 is 25.5. The molecule has 1 aromatic rings. The molecule has 2 rings (SSSR count). The molecule has 0 aliphatic heterocycles. The van der Waals surface area contributed by atoms with Gasteiger partial charge < -0.3 is 5.32 Å². The van der Waals surface area contributed by atoms with Gasteiger partial charge in [-0.1, -0.05) is 31.5 Å². The largest absolute Gasteiger partial charge is 0.314 e. The van der Waals surface area contributed by atoms with Gasteiger partial charge in [0.15, 0.2) is 9.84 Å². The summed E-state index contributed by atoms with van der Waals surface area (Å²) in [6.45, 7) is 5.10. The first-order valence-corrected chi connectivity index (χ1v) is 9.12. The van der Waals surface area contributed by atoms with Gasteiger partial charge in [0.05, 0.1) is 10.1 Å². The fourth-order valence-electron chi connectivity index (χ4n) is 3.00. The highest BCUT2D eigenvalue weighted by Gasteiger charge is 2.41. The molecule has 0 spiro atoms. The van der Waals surface area contributed by atoms with Crippen LogP contribution in [0.25, 0.3) is 0 Å². The zero-order valence-electron chi connectivity index (χ0n) is 12.0. The van der Waals surface area contributed by atoms with E-state index in [1.54, 1.807) is 24.3 Å². The van der Waals surface area contributed by atoms with Gasteiger partial charge in [-0.3, -0.25) is 0 Å². The van der Waals surface area contributed by atoms with Gasteiger partial charge in [0, 0.05) is 11.1 Å². The molecule has 1 fully saturated rings. The number of nitrogens with one attached hydrogen (secondary N) is 1. The van der Waals surface area contributed by atoms with Crippen molar-refractivity contribution < 1.29 is 8.42 Å². The number of benzene rings is 1. The molecule has 0 amide bonds. The van der Waals surface area contributed by atoms with Crippen LogP contribution >= 0.6 is 11.6 Å². The van der Waals surface area contributed by atoms with Crippen molar-refractivity contribution in [3.63, 3.8) is 0 Å². The molecular formula is C15H22ClNO2S. The van der Waals surface area contributed by atoms with Gasteiger partial charge in [0.1, 0.15) is 0 Å². The van der Waals surface area contributed by atoms with E-state index in [0.717, 1.165) is 25.8 Å². The van der Waals surface area contributed by atoms with E-state index in [2.05, 4.69) is 12.2 Å². The third-order valence-corrected chi connectivity index (χ3v) is 6.77. The average Bonchev–Trinajstić information content (AvgIpc) is 2.78.